The number of carbonyl (C=O) groups is 1. The van der Waals surface area contributed by atoms with Gasteiger partial charge in [-0.15, -0.1) is 0 Å². The second-order valence-electron chi connectivity index (χ2n) is 8.74. The number of rotatable bonds is 6. The molecule has 0 aromatic heterocycles. The first-order valence-corrected chi connectivity index (χ1v) is 11.8. The molecule has 5 heteroatoms. The second kappa shape index (κ2) is 10.5. The Labute approximate surface area is 175 Å². The smallest absolute Gasteiger partial charge is 0.317 e. The van der Waals surface area contributed by atoms with Crippen LogP contribution in [0.25, 0.3) is 0 Å². The highest BCUT2D eigenvalue weighted by Crippen LogP contribution is 2.35. The van der Waals surface area contributed by atoms with Crippen LogP contribution in [-0.4, -0.2) is 53.2 Å². The molecule has 4 nitrogen and oxygen atoms in total. The predicted octanol–water partition coefficient (Wildman–Crippen LogP) is 5.12. The summed E-state index contributed by atoms with van der Waals surface area (Å²) in [6.07, 6.45) is 7.07. The molecule has 1 aromatic carbocycles. The topological polar surface area (TPSA) is 35.6 Å². The first kappa shape index (κ1) is 21.5. The van der Waals surface area contributed by atoms with E-state index in [0.717, 1.165) is 32.5 Å². The van der Waals surface area contributed by atoms with Crippen LogP contribution in [0.2, 0.25) is 0 Å². The molecule has 2 amide bonds. The number of urea groups is 1. The molecule has 1 heterocycles. The third-order valence-electron chi connectivity index (χ3n) is 6.31. The molecule has 0 bridgehead atoms. The lowest BCUT2D eigenvalue weighted by molar-refractivity contribution is 0.162. The number of hydrogen-bond donors (Lipinski definition) is 1. The van der Waals surface area contributed by atoms with E-state index in [-0.39, 0.29) is 6.03 Å². The van der Waals surface area contributed by atoms with Crippen LogP contribution in [0, 0.1) is 5.92 Å². The zero-order valence-electron chi connectivity index (χ0n) is 17.8. The number of amides is 2. The van der Waals surface area contributed by atoms with Gasteiger partial charge in [-0.05, 0) is 55.9 Å². The van der Waals surface area contributed by atoms with E-state index >= 15 is 0 Å². The molecule has 1 saturated heterocycles. The fraction of sp³-hybridized carbons (Fsp3) is 0.696. The Morgan fingerprint density at radius 1 is 1.11 bits per heavy atom. The van der Waals surface area contributed by atoms with Crippen LogP contribution in [0.3, 0.4) is 0 Å². The van der Waals surface area contributed by atoms with Crippen molar-refractivity contribution in [2.75, 3.05) is 26.7 Å². The van der Waals surface area contributed by atoms with Crippen LogP contribution in [0.5, 0.6) is 0 Å². The molecule has 1 aliphatic carbocycles. The maximum atomic E-state index is 12.6. The van der Waals surface area contributed by atoms with Gasteiger partial charge in [0, 0.05) is 38.0 Å². The monoisotopic (exact) mass is 403 g/mol. The average Bonchev–Trinajstić information content (AvgIpc) is 2.72. The molecule has 156 valence electrons. The van der Waals surface area contributed by atoms with Crippen LogP contribution in [0.1, 0.15) is 63.9 Å². The number of benzene rings is 1. The first-order valence-electron chi connectivity index (χ1n) is 11.0. The summed E-state index contributed by atoms with van der Waals surface area (Å²) < 4.78 is 2.46. The van der Waals surface area contributed by atoms with Crippen LogP contribution >= 0.6 is 11.9 Å². The normalized spacial score (nSPS) is 24.3. The highest BCUT2D eigenvalue weighted by molar-refractivity contribution is 7.97. The Morgan fingerprint density at radius 3 is 2.36 bits per heavy atom. The third kappa shape index (κ3) is 6.15. The van der Waals surface area contributed by atoms with E-state index in [2.05, 4.69) is 53.8 Å². The van der Waals surface area contributed by atoms with Crippen LogP contribution < -0.4 is 5.32 Å². The van der Waals surface area contributed by atoms with Crippen molar-refractivity contribution in [3.63, 3.8) is 0 Å². The molecule has 1 aromatic rings. The average molecular weight is 404 g/mol. The fourth-order valence-electron chi connectivity index (χ4n) is 4.58. The van der Waals surface area contributed by atoms with Crippen molar-refractivity contribution in [1.29, 1.82) is 0 Å². The van der Waals surface area contributed by atoms with Gasteiger partial charge in [-0.2, -0.15) is 0 Å². The molecule has 1 saturated carbocycles. The van der Waals surface area contributed by atoms with Crippen molar-refractivity contribution in [3.8, 4) is 0 Å². The van der Waals surface area contributed by atoms with Crippen molar-refractivity contribution in [2.24, 2.45) is 5.92 Å². The number of nitrogens with zero attached hydrogens (tertiary/aromatic N) is 2. The Morgan fingerprint density at radius 2 is 1.75 bits per heavy atom. The molecule has 1 N–H and O–H groups in total. The molecule has 2 fully saturated rings. The number of carbonyl (C=O) groups excluding carboxylic acids is 1. The summed E-state index contributed by atoms with van der Waals surface area (Å²) in [5, 5.41) is 3.85. The van der Waals surface area contributed by atoms with Crippen molar-refractivity contribution < 1.29 is 4.79 Å². The molecule has 28 heavy (non-hydrogen) atoms. The lowest BCUT2D eigenvalue weighted by atomic mass is 9.79. The minimum atomic E-state index is 0.111. The maximum absolute atomic E-state index is 12.6. The summed E-state index contributed by atoms with van der Waals surface area (Å²) >= 11 is 1.94. The van der Waals surface area contributed by atoms with Gasteiger partial charge in [-0.1, -0.05) is 56.1 Å². The van der Waals surface area contributed by atoms with Gasteiger partial charge in [0.05, 0.1) is 0 Å². The Bertz CT molecular complexity index is 593. The van der Waals surface area contributed by atoms with E-state index < -0.39 is 0 Å². The summed E-state index contributed by atoms with van der Waals surface area (Å²) in [5.74, 6) is 1.33. The molecule has 0 radical (unpaired) electrons. The van der Waals surface area contributed by atoms with E-state index in [1.165, 1.54) is 31.2 Å². The summed E-state index contributed by atoms with van der Waals surface area (Å²) in [6, 6.07) is 11.4. The number of hydrogen-bond acceptors (Lipinski definition) is 3. The second-order valence-corrected chi connectivity index (χ2v) is 10.4. The summed E-state index contributed by atoms with van der Waals surface area (Å²) in [7, 11) is 1.97. The summed E-state index contributed by atoms with van der Waals surface area (Å²) in [4.78, 5) is 14.6. The minimum Gasteiger partial charge on any atom is -0.338 e. The number of piperidine rings is 1. The Hall–Kier alpha value is -1.20. The first-order chi connectivity index (χ1) is 13.5. The van der Waals surface area contributed by atoms with Crippen LogP contribution in [-0.2, 0) is 0 Å². The largest absolute Gasteiger partial charge is 0.338 e. The molecule has 3 rings (SSSR count). The van der Waals surface area contributed by atoms with E-state index in [0.29, 0.717) is 23.1 Å². The van der Waals surface area contributed by atoms with Crippen molar-refractivity contribution >= 4 is 18.0 Å². The molecule has 0 unspecified atom stereocenters. The van der Waals surface area contributed by atoms with E-state index in [9.17, 15) is 4.79 Å². The van der Waals surface area contributed by atoms with E-state index in [1.807, 2.05) is 23.9 Å². The molecule has 0 spiro atoms. The van der Waals surface area contributed by atoms with Crippen LogP contribution in [0.15, 0.2) is 30.3 Å². The van der Waals surface area contributed by atoms with E-state index in [1.54, 1.807) is 0 Å². The van der Waals surface area contributed by atoms with Gasteiger partial charge in [-0.25, -0.2) is 4.79 Å². The Kier molecular flexibility index (Phi) is 8.10. The SMILES string of the molecule is CC(C)SN1CCC(N(C)C(=O)NCC2CCC(c3ccccc3)CC2)CC1. The van der Waals surface area contributed by atoms with Gasteiger partial charge in [0.2, 0.25) is 0 Å². The predicted molar refractivity (Wildman–Crippen MR) is 120 cm³/mol. The summed E-state index contributed by atoms with van der Waals surface area (Å²) in [5.41, 5.74) is 1.48. The van der Waals surface area contributed by atoms with Gasteiger partial charge in [-0.3, -0.25) is 4.31 Å². The third-order valence-corrected chi connectivity index (χ3v) is 7.40. The van der Waals surface area contributed by atoms with Gasteiger partial charge in [0.25, 0.3) is 0 Å². The zero-order valence-corrected chi connectivity index (χ0v) is 18.6. The molecule has 2 aliphatic rings. The van der Waals surface area contributed by atoms with Gasteiger partial charge >= 0.3 is 6.03 Å². The molecule has 0 atom stereocenters. The number of nitrogens with one attached hydrogen (secondary N) is 1. The van der Waals surface area contributed by atoms with Crippen molar-refractivity contribution in [3.05, 3.63) is 35.9 Å². The highest BCUT2D eigenvalue weighted by Gasteiger charge is 2.27. The van der Waals surface area contributed by atoms with Gasteiger partial charge in [0.15, 0.2) is 0 Å². The van der Waals surface area contributed by atoms with E-state index in [4.69, 9.17) is 0 Å². The standard InChI is InChI=1S/C23H37N3OS/c1-18(2)28-26-15-13-22(14-16-26)25(3)23(27)24-17-19-9-11-21(12-10-19)20-7-5-4-6-8-20/h4-8,18-19,21-22H,9-17H2,1-3H3,(H,24,27). The lowest BCUT2D eigenvalue weighted by Crippen LogP contribution is -2.48. The zero-order chi connectivity index (χ0) is 19.9. The highest BCUT2D eigenvalue weighted by atomic mass is 32.2. The fourth-order valence-corrected chi connectivity index (χ4v) is 5.60. The summed E-state index contributed by atoms with van der Waals surface area (Å²) in [6.45, 7) is 7.46. The lowest BCUT2D eigenvalue weighted by Gasteiger charge is -2.37. The quantitative estimate of drug-likeness (QED) is 0.669. The van der Waals surface area contributed by atoms with Gasteiger partial charge in [0.1, 0.15) is 0 Å². The minimum absolute atomic E-state index is 0.111. The Balaban J connectivity index is 1.35. The van der Waals surface area contributed by atoms with Gasteiger partial charge < -0.3 is 10.2 Å². The van der Waals surface area contributed by atoms with Crippen molar-refractivity contribution in [1.82, 2.24) is 14.5 Å². The van der Waals surface area contributed by atoms with Crippen LogP contribution in [0.4, 0.5) is 4.79 Å². The maximum Gasteiger partial charge on any atom is 0.317 e. The molecular weight excluding hydrogens is 366 g/mol. The van der Waals surface area contributed by atoms with Crippen molar-refractivity contribution in [2.45, 2.75) is 69.6 Å². The molecule has 1 aliphatic heterocycles. The molecular formula is C23H37N3OS.